The van der Waals surface area contributed by atoms with Gasteiger partial charge in [-0.3, -0.25) is 10.1 Å². The van der Waals surface area contributed by atoms with Crippen LogP contribution in [0.4, 0.5) is 9.59 Å². The predicted molar refractivity (Wildman–Crippen MR) is 63.9 cm³/mol. The molecule has 7 heteroatoms. The van der Waals surface area contributed by atoms with Gasteiger partial charge in [0.1, 0.15) is 6.04 Å². The number of piperazine rings is 1. The molecule has 0 saturated carbocycles. The summed E-state index contributed by atoms with van der Waals surface area (Å²) < 4.78 is 0. The van der Waals surface area contributed by atoms with Gasteiger partial charge in [0.25, 0.3) is 5.91 Å². The second-order valence-corrected chi connectivity index (χ2v) is 5.63. The SMILES string of the molecule is CC(C)(C)NC(=O)N1CCN2C(=O)NC(=O)C2C1. The molecule has 2 saturated heterocycles. The van der Waals surface area contributed by atoms with Gasteiger partial charge >= 0.3 is 12.1 Å². The van der Waals surface area contributed by atoms with Crippen molar-refractivity contribution in [1.82, 2.24) is 20.4 Å². The van der Waals surface area contributed by atoms with Crippen molar-refractivity contribution in [1.29, 1.82) is 0 Å². The van der Waals surface area contributed by atoms with Crippen molar-refractivity contribution in [2.45, 2.75) is 32.4 Å². The molecule has 0 bridgehead atoms. The first-order valence-electron chi connectivity index (χ1n) is 5.96. The van der Waals surface area contributed by atoms with Crippen molar-refractivity contribution in [2.24, 2.45) is 0 Å². The molecule has 0 aromatic rings. The van der Waals surface area contributed by atoms with Crippen LogP contribution in [0.25, 0.3) is 0 Å². The van der Waals surface area contributed by atoms with Crippen LogP contribution in [0.5, 0.6) is 0 Å². The molecule has 2 aliphatic rings. The van der Waals surface area contributed by atoms with Gasteiger partial charge in [0.15, 0.2) is 0 Å². The Kier molecular flexibility index (Phi) is 2.92. The summed E-state index contributed by atoms with van der Waals surface area (Å²) >= 11 is 0. The average molecular weight is 254 g/mol. The summed E-state index contributed by atoms with van der Waals surface area (Å²) in [6, 6.07) is -1.10. The van der Waals surface area contributed by atoms with E-state index in [4.69, 9.17) is 0 Å². The summed E-state index contributed by atoms with van der Waals surface area (Å²) in [5.74, 6) is -0.326. The zero-order valence-corrected chi connectivity index (χ0v) is 10.8. The number of nitrogens with one attached hydrogen (secondary N) is 2. The number of imide groups is 1. The smallest absolute Gasteiger partial charge is 0.324 e. The minimum absolute atomic E-state index is 0.200. The van der Waals surface area contributed by atoms with Gasteiger partial charge in [0.2, 0.25) is 0 Å². The average Bonchev–Trinajstić information content (AvgIpc) is 2.52. The van der Waals surface area contributed by atoms with E-state index in [1.807, 2.05) is 20.8 Å². The third-order valence-electron chi connectivity index (χ3n) is 2.94. The first-order chi connectivity index (χ1) is 8.28. The van der Waals surface area contributed by atoms with Crippen LogP contribution in [-0.2, 0) is 4.79 Å². The Morgan fingerprint density at radius 3 is 2.61 bits per heavy atom. The summed E-state index contributed by atoms with van der Waals surface area (Å²) in [4.78, 5) is 38.0. The van der Waals surface area contributed by atoms with E-state index in [-0.39, 0.29) is 30.1 Å². The molecule has 18 heavy (non-hydrogen) atoms. The van der Waals surface area contributed by atoms with E-state index in [0.29, 0.717) is 13.1 Å². The molecule has 2 rings (SSSR count). The number of carbonyl (C=O) groups is 3. The monoisotopic (exact) mass is 254 g/mol. The Morgan fingerprint density at radius 1 is 1.33 bits per heavy atom. The van der Waals surface area contributed by atoms with Crippen molar-refractivity contribution >= 4 is 18.0 Å². The van der Waals surface area contributed by atoms with Crippen LogP contribution in [-0.4, -0.2) is 59.0 Å². The van der Waals surface area contributed by atoms with Gasteiger partial charge in [-0.1, -0.05) is 0 Å². The Hall–Kier alpha value is -1.79. The molecule has 0 radical (unpaired) electrons. The van der Waals surface area contributed by atoms with Gasteiger partial charge in [-0.05, 0) is 20.8 Å². The van der Waals surface area contributed by atoms with E-state index < -0.39 is 6.04 Å². The molecule has 0 aliphatic carbocycles. The molecular formula is C11H18N4O3. The van der Waals surface area contributed by atoms with Crippen molar-refractivity contribution in [3.05, 3.63) is 0 Å². The molecule has 2 N–H and O–H groups in total. The van der Waals surface area contributed by atoms with Gasteiger partial charge in [0, 0.05) is 18.6 Å². The molecule has 1 atom stereocenters. The molecule has 7 nitrogen and oxygen atoms in total. The largest absolute Gasteiger partial charge is 0.333 e. The molecule has 2 fully saturated rings. The van der Waals surface area contributed by atoms with Gasteiger partial charge in [0.05, 0.1) is 6.54 Å². The van der Waals surface area contributed by atoms with Crippen molar-refractivity contribution in [3.8, 4) is 0 Å². The molecule has 0 spiro atoms. The second-order valence-electron chi connectivity index (χ2n) is 5.63. The molecular weight excluding hydrogens is 236 g/mol. The Morgan fingerprint density at radius 2 is 2.00 bits per heavy atom. The maximum atomic E-state index is 12.0. The quantitative estimate of drug-likeness (QED) is 0.584. The van der Waals surface area contributed by atoms with Crippen molar-refractivity contribution < 1.29 is 14.4 Å². The summed E-state index contributed by atoms with van der Waals surface area (Å²) in [6.45, 7) is 6.77. The molecule has 2 heterocycles. The van der Waals surface area contributed by atoms with Crippen LogP contribution in [0.1, 0.15) is 20.8 Å². The van der Waals surface area contributed by atoms with Gasteiger partial charge < -0.3 is 15.1 Å². The van der Waals surface area contributed by atoms with E-state index in [2.05, 4.69) is 10.6 Å². The summed E-state index contributed by atoms with van der Waals surface area (Å²) in [5, 5.41) is 5.10. The minimum Gasteiger partial charge on any atom is -0.333 e. The van der Waals surface area contributed by atoms with Gasteiger partial charge in [-0.15, -0.1) is 0 Å². The first kappa shape index (κ1) is 12.7. The molecule has 0 aromatic carbocycles. The summed E-state index contributed by atoms with van der Waals surface area (Å²) in [7, 11) is 0. The second kappa shape index (κ2) is 4.15. The number of nitrogens with zero attached hydrogens (tertiary/aromatic N) is 2. The fourth-order valence-corrected chi connectivity index (χ4v) is 2.10. The lowest BCUT2D eigenvalue weighted by molar-refractivity contribution is -0.122. The molecule has 100 valence electrons. The number of hydrogen-bond donors (Lipinski definition) is 2. The van der Waals surface area contributed by atoms with Crippen molar-refractivity contribution in [2.75, 3.05) is 19.6 Å². The van der Waals surface area contributed by atoms with E-state index in [1.54, 1.807) is 4.90 Å². The Labute approximate surface area is 105 Å². The normalized spacial score (nSPS) is 23.8. The Balaban J connectivity index is 2.01. The number of carbonyl (C=O) groups excluding carboxylic acids is 3. The van der Waals surface area contributed by atoms with Gasteiger partial charge in [-0.2, -0.15) is 0 Å². The number of urea groups is 2. The van der Waals surface area contributed by atoms with Crippen LogP contribution in [0.15, 0.2) is 0 Å². The van der Waals surface area contributed by atoms with E-state index >= 15 is 0 Å². The van der Waals surface area contributed by atoms with Crippen molar-refractivity contribution in [3.63, 3.8) is 0 Å². The lowest BCUT2D eigenvalue weighted by atomic mass is 10.1. The fourth-order valence-electron chi connectivity index (χ4n) is 2.10. The maximum absolute atomic E-state index is 12.0. The highest BCUT2D eigenvalue weighted by Gasteiger charge is 2.43. The topological polar surface area (TPSA) is 81.8 Å². The number of amides is 5. The highest BCUT2D eigenvalue weighted by Crippen LogP contribution is 2.15. The number of rotatable bonds is 0. The van der Waals surface area contributed by atoms with Crippen LogP contribution in [0, 0.1) is 0 Å². The fraction of sp³-hybridized carbons (Fsp3) is 0.727. The molecule has 1 unspecified atom stereocenters. The number of hydrogen-bond acceptors (Lipinski definition) is 3. The highest BCUT2D eigenvalue weighted by molar-refractivity contribution is 6.04. The van der Waals surface area contributed by atoms with Gasteiger partial charge in [-0.25, -0.2) is 9.59 Å². The van der Waals surface area contributed by atoms with Crippen LogP contribution >= 0.6 is 0 Å². The zero-order valence-electron chi connectivity index (χ0n) is 10.8. The highest BCUT2D eigenvalue weighted by atomic mass is 16.2. The lowest BCUT2D eigenvalue weighted by Crippen LogP contribution is -2.58. The Bertz CT molecular complexity index is 402. The minimum atomic E-state index is -0.544. The molecule has 2 aliphatic heterocycles. The maximum Gasteiger partial charge on any atom is 0.324 e. The number of fused-ring (bicyclic) bond motifs is 1. The predicted octanol–water partition coefficient (Wildman–Crippen LogP) is -0.269. The summed E-state index contributed by atoms with van der Waals surface area (Å²) in [6.07, 6.45) is 0. The summed E-state index contributed by atoms with van der Waals surface area (Å²) in [5.41, 5.74) is -0.317. The van der Waals surface area contributed by atoms with Crippen LogP contribution < -0.4 is 10.6 Å². The van der Waals surface area contributed by atoms with E-state index in [1.165, 1.54) is 4.90 Å². The third-order valence-corrected chi connectivity index (χ3v) is 2.94. The van der Waals surface area contributed by atoms with Crippen LogP contribution in [0.3, 0.4) is 0 Å². The zero-order chi connectivity index (χ0) is 13.5. The van der Waals surface area contributed by atoms with E-state index in [9.17, 15) is 14.4 Å². The molecule has 5 amide bonds. The first-order valence-corrected chi connectivity index (χ1v) is 5.96. The standard InChI is InChI=1S/C11H18N4O3/c1-11(2,3)13-10(18)14-4-5-15-7(6-14)8(16)12-9(15)17/h7H,4-6H2,1-3H3,(H,13,18)(H,12,16,17). The van der Waals surface area contributed by atoms with Crippen LogP contribution in [0.2, 0.25) is 0 Å². The van der Waals surface area contributed by atoms with E-state index in [0.717, 1.165) is 0 Å². The third kappa shape index (κ3) is 2.39. The lowest BCUT2D eigenvalue weighted by Gasteiger charge is -2.36. The molecule has 0 aromatic heterocycles.